The highest BCUT2D eigenvalue weighted by Crippen LogP contribution is 2.37. The van der Waals surface area contributed by atoms with Crippen molar-refractivity contribution in [2.24, 2.45) is 5.41 Å². The minimum atomic E-state index is -0.462. The van der Waals surface area contributed by atoms with Crippen molar-refractivity contribution >= 4 is 11.8 Å². The summed E-state index contributed by atoms with van der Waals surface area (Å²) in [7, 11) is 1.83. The lowest BCUT2D eigenvalue weighted by atomic mass is 9.76. The van der Waals surface area contributed by atoms with Crippen molar-refractivity contribution in [1.29, 1.82) is 0 Å². The number of likely N-dealkylation sites (N-methyl/N-ethyl adjacent to an activating group) is 1. The number of carbonyl (C=O) groups excluding carboxylic acids is 2. The van der Waals surface area contributed by atoms with Crippen LogP contribution in [0, 0.1) is 12.3 Å². The second kappa shape index (κ2) is 6.75. The fourth-order valence-corrected chi connectivity index (χ4v) is 3.62. The fraction of sp³-hybridized carbons (Fsp3) is 0.647. The third kappa shape index (κ3) is 3.34. The van der Waals surface area contributed by atoms with Gasteiger partial charge in [0.15, 0.2) is 5.82 Å². The third-order valence-corrected chi connectivity index (χ3v) is 4.91. The Morgan fingerprint density at radius 3 is 3.00 bits per heavy atom. The summed E-state index contributed by atoms with van der Waals surface area (Å²) in [5, 5.41) is 3.74. The molecule has 1 atom stereocenters. The van der Waals surface area contributed by atoms with Crippen LogP contribution in [0.5, 0.6) is 0 Å². The number of aromatic nitrogens is 2. The van der Waals surface area contributed by atoms with E-state index in [4.69, 9.17) is 4.52 Å². The first-order valence-corrected chi connectivity index (χ1v) is 8.48. The van der Waals surface area contributed by atoms with Gasteiger partial charge in [-0.25, -0.2) is 0 Å². The summed E-state index contributed by atoms with van der Waals surface area (Å²) in [4.78, 5) is 33.1. The van der Waals surface area contributed by atoms with Gasteiger partial charge in [0, 0.05) is 39.5 Å². The summed E-state index contributed by atoms with van der Waals surface area (Å²) in [6.45, 7) is 3.61. The van der Waals surface area contributed by atoms with Gasteiger partial charge in [-0.15, -0.1) is 0 Å². The minimum Gasteiger partial charge on any atom is -0.342 e. The molecule has 1 spiro atoms. The van der Waals surface area contributed by atoms with E-state index >= 15 is 0 Å². The number of carbonyl (C=O) groups is 2. The number of amides is 2. The second-order valence-corrected chi connectivity index (χ2v) is 6.80. The molecule has 1 aromatic rings. The van der Waals surface area contributed by atoms with E-state index in [0.717, 1.165) is 12.8 Å². The Hall–Kier alpha value is -2.18. The van der Waals surface area contributed by atoms with Crippen molar-refractivity contribution in [3.63, 3.8) is 0 Å². The zero-order chi connectivity index (χ0) is 17.2. The van der Waals surface area contributed by atoms with E-state index in [1.807, 2.05) is 18.0 Å². The van der Waals surface area contributed by atoms with Crippen LogP contribution in [-0.4, -0.2) is 58.4 Å². The van der Waals surface area contributed by atoms with E-state index in [1.165, 1.54) is 0 Å². The molecule has 1 fully saturated rings. The Labute approximate surface area is 141 Å². The number of hydrogen-bond acceptors (Lipinski definition) is 5. The van der Waals surface area contributed by atoms with E-state index < -0.39 is 5.41 Å². The maximum absolute atomic E-state index is 12.8. The molecule has 1 saturated heterocycles. The number of aryl methyl sites for hydroxylation is 2. The van der Waals surface area contributed by atoms with Gasteiger partial charge in [0.1, 0.15) is 0 Å². The predicted octanol–water partition coefficient (Wildman–Crippen LogP) is 1.34. The largest absolute Gasteiger partial charge is 0.342 e. The molecule has 7 heteroatoms. The molecule has 130 valence electrons. The first kappa shape index (κ1) is 16.7. The van der Waals surface area contributed by atoms with Gasteiger partial charge in [-0.3, -0.25) is 9.59 Å². The summed E-state index contributed by atoms with van der Waals surface area (Å²) in [6, 6.07) is 0. The van der Waals surface area contributed by atoms with Gasteiger partial charge in [-0.1, -0.05) is 17.3 Å². The number of allylic oxidation sites excluding steroid dienone is 1. The highest BCUT2D eigenvalue weighted by Gasteiger charge is 2.44. The van der Waals surface area contributed by atoms with E-state index in [1.54, 1.807) is 11.8 Å². The normalized spacial score (nSPS) is 24.5. The van der Waals surface area contributed by atoms with E-state index in [0.29, 0.717) is 50.6 Å². The van der Waals surface area contributed by atoms with Gasteiger partial charge in [0.25, 0.3) is 0 Å². The molecule has 0 N–H and O–H groups in total. The molecule has 0 aliphatic carbocycles. The van der Waals surface area contributed by atoms with Crippen LogP contribution in [0.3, 0.4) is 0 Å². The van der Waals surface area contributed by atoms with E-state index in [2.05, 4.69) is 16.2 Å². The van der Waals surface area contributed by atoms with Crippen LogP contribution < -0.4 is 0 Å². The SMILES string of the molecule is Cc1noc(CCC(=O)N2CCC[C@]3(CC=CCN(C)C3=O)C2)n1. The third-order valence-electron chi connectivity index (χ3n) is 4.91. The maximum atomic E-state index is 12.8. The molecular weight excluding hydrogens is 308 g/mol. The number of hydrogen-bond donors (Lipinski definition) is 0. The maximum Gasteiger partial charge on any atom is 0.230 e. The van der Waals surface area contributed by atoms with Crippen LogP contribution in [-0.2, 0) is 16.0 Å². The summed E-state index contributed by atoms with van der Waals surface area (Å²) < 4.78 is 5.06. The van der Waals surface area contributed by atoms with Crippen molar-refractivity contribution in [3.05, 3.63) is 23.9 Å². The fourth-order valence-electron chi connectivity index (χ4n) is 3.62. The lowest BCUT2D eigenvalue weighted by Gasteiger charge is -2.42. The van der Waals surface area contributed by atoms with Gasteiger partial charge >= 0.3 is 0 Å². The quantitative estimate of drug-likeness (QED) is 0.780. The number of nitrogens with zero attached hydrogens (tertiary/aromatic N) is 4. The van der Waals surface area contributed by atoms with Gasteiger partial charge in [0.05, 0.1) is 5.41 Å². The van der Waals surface area contributed by atoms with Crippen molar-refractivity contribution in [2.75, 3.05) is 26.7 Å². The Balaban J connectivity index is 1.65. The molecule has 3 rings (SSSR count). The van der Waals surface area contributed by atoms with Gasteiger partial charge < -0.3 is 14.3 Å². The van der Waals surface area contributed by atoms with Crippen LogP contribution in [0.2, 0.25) is 0 Å². The minimum absolute atomic E-state index is 0.0496. The zero-order valence-electron chi connectivity index (χ0n) is 14.3. The molecule has 0 radical (unpaired) electrons. The van der Waals surface area contributed by atoms with Crippen molar-refractivity contribution in [2.45, 2.75) is 39.0 Å². The standard InChI is InChI=1S/C17H24N4O3/c1-13-18-14(24-19-13)6-7-15(22)21-11-5-9-17(12-21)8-3-4-10-20(2)16(17)23/h3-4H,5-12H2,1-2H3/t17-/m1/s1. The van der Waals surface area contributed by atoms with Crippen molar-refractivity contribution in [1.82, 2.24) is 19.9 Å². The van der Waals surface area contributed by atoms with E-state index in [9.17, 15) is 9.59 Å². The Bertz CT molecular complexity index is 654. The summed E-state index contributed by atoms with van der Waals surface area (Å²) >= 11 is 0. The van der Waals surface area contributed by atoms with Crippen LogP contribution in [0.15, 0.2) is 16.7 Å². The molecule has 2 aliphatic heterocycles. The molecular formula is C17H24N4O3. The summed E-state index contributed by atoms with van der Waals surface area (Å²) in [5.41, 5.74) is -0.462. The zero-order valence-corrected chi connectivity index (χ0v) is 14.3. The molecule has 24 heavy (non-hydrogen) atoms. The van der Waals surface area contributed by atoms with Gasteiger partial charge in [0.2, 0.25) is 17.7 Å². The average Bonchev–Trinajstić information content (AvgIpc) is 2.96. The molecule has 0 bridgehead atoms. The lowest BCUT2D eigenvalue weighted by molar-refractivity contribution is -0.147. The van der Waals surface area contributed by atoms with Crippen LogP contribution in [0.4, 0.5) is 0 Å². The molecule has 3 heterocycles. The molecule has 0 aromatic carbocycles. The number of rotatable bonds is 3. The predicted molar refractivity (Wildman–Crippen MR) is 87.0 cm³/mol. The Morgan fingerprint density at radius 1 is 1.42 bits per heavy atom. The van der Waals surface area contributed by atoms with E-state index in [-0.39, 0.29) is 11.8 Å². The Morgan fingerprint density at radius 2 is 2.25 bits per heavy atom. The van der Waals surface area contributed by atoms with Crippen LogP contribution in [0.25, 0.3) is 0 Å². The number of piperidine rings is 1. The first-order valence-electron chi connectivity index (χ1n) is 8.48. The monoisotopic (exact) mass is 332 g/mol. The second-order valence-electron chi connectivity index (χ2n) is 6.80. The van der Waals surface area contributed by atoms with Gasteiger partial charge in [-0.05, 0) is 26.2 Å². The highest BCUT2D eigenvalue weighted by atomic mass is 16.5. The molecule has 7 nitrogen and oxygen atoms in total. The molecule has 2 amide bonds. The smallest absolute Gasteiger partial charge is 0.230 e. The summed E-state index contributed by atoms with van der Waals surface area (Å²) in [6.07, 6.45) is 7.30. The van der Waals surface area contributed by atoms with Crippen molar-refractivity contribution < 1.29 is 14.1 Å². The molecule has 0 saturated carbocycles. The van der Waals surface area contributed by atoms with Gasteiger partial charge in [-0.2, -0.15) is 4.98 Å². The molecule has 0 unspecified atom stereocenters. The topological polar surface area (TPSA) is 79.5 Å². The Kier molecular flexibility index (Phi) is 4.69. The molecule has 2 aliphatic rings. The average molecular weight is 332 g/mol. The molecule has 1 aromatic heterocycles. The lowest BCUT2D eigenvalue weighted by Crippen LogP contribution is -2.53. The van der Waals surface area contributed by atoms with Crippen LogP contribution in [0.1, 0.15) is 37.4 Å². The number of likely N-dealkylation sites (tertiary alicyclic amines) is 1. The van der Waals surface area contributed by atoms with Crippen LogP contribution >= 0.6 is 0 Å². The summed E-state index contributed by atoms with van der Waals surface area (Å²) in [5.74, 6) is 1.26. The first-order chi connectivity index (χ1) is 11.5. The highest BCUT2D eigenvalue weighted by molar-refractivity contribution is 5.85. The van der Waals surface area contributed by atoms with Crippen molar-refractivity contribution in [3.8, 4) is 0 Å².